The van der Waals surface area contributed by atoms with E-state index >= 15 is 0 Å². The van der Waals surface area contributed by atoms with Gasteiger partial charge in [0.15, 0.2) is 0 Å². The lowest BCUT2D eigenvalue weighted by atomic mass is 10.1. The Labute approximate surface area is 114 Å². The van der Waals surface area contributed by atoms with E-state index in [1.165, 1.54) is 12.1 Å². The summed E-state index contributed by atoms with van der Waals surface area (Å²) in [6.45, 7) is 4.93. The summed E-state index contributed by atoms with van der Waals surface area (Å²) in [5.41, 5.74) is 0.0608. The Morgan fingerprint density at radius 1 is 1.16 bits per heavy atom. The van der Waals surface area contributed by atoms with Gasteiger partial charge in [-0.2, -0.15) is 8.78 Å². The Kier molecular flexibility index (Phi) is 6.95. The number of benzene rings is 1. The molecule has 0 saturated carbocycles. The number of hydrogen-bond acceptors (Lipinski definition) is 2. The van der Waals surface area contributed by atoms with Gasteiger partial charge in [-0.1, -0.05) is 30.3 Å². The molecule has 0 aliphatic heterocycles. The summed E-state index contributed by atoms with van der Waals surface area (Å²) in [6.07, 6.45) is 1.97. The van der Waals surface area contributed by atoms with E-state index in [0.29, 0.717) is 13.2 Å². The average molecular weight is 271 g/mol. The third-order valence-electron chi connectivity index (χ3n) is 2.74. The molecule has 0 heterocycles. The summed E-state index contributed by atoms with van der Waals surface area (Å²) in [5, 5.41) is 2.81. The molecule has 0 saturated heterocycles. The van der Waals surface area contributed by atoms with E-state index in [-0.39, 0.29) is 18.2 Å². The lowest BCUT2D eigenvalue weighted by Crippen LogP contribution is -2.31. The molecule has 0 aromatic heterocycles. The highest BCUT2D eigenvalue weighted by Gasteiger charge is 2.30. The fourth-order valence-electron chi connectivity index (χ4n) is 1.70. The van der Waals surface area contributed by atoms with Gasteiger partial charge in [0.2, 0.25) is 0 Å². The predicted molar refractivity (Wildman–Crippen MR) is 73.5 cm³/mol. The predicted octanol–water partition coefficient (Wildman–Crippen LogP) is 3.57. The molecule has 0 aliphatic carbocycles. The first-order chi connectivity index (χ1) is 9.02. The van der Waals surface area contributed by atoms with Gasteiger partial charge in [-0.15, -0.1) is 0 Å². The van der Waals surface area contributed by atoms with Crippen LogP contribution in [0.1, 0.15) is 32.3 Å². The molecule has 0 bridgehead atoms. The first-order valence-corrected chi connectivity index (χ1v) is 6.78. The van der Waals surface area contributed by atoms with Crippen molar-refractivity contribution in [2.45, 2.75) is 38.7 Å². The Balaban J connectivity index is 2.15. The monoisotopic (exact) mass is 271 g/mol. The van der Waals surface area contributed by atoms with Crippen LogP contribution in [-0.4, -0.2) is 25.8 Å². The maximum absolute atomic E-state index is 13.8. The number of alkyl halides is 2. The first kappa shape index (κ1) is 16.1. The van der Waals surface area contributed by atoms with E-state index in [1.807, 2.05) is 13.8 Å². The molecule has 0 spiro atoms. The van der Waals surface area contributed by atoms with Crippen molar-refractivity contribution >= 4 is 0 Å². The number of rotatable bonds is 9. The Morgan fingerprint density at radius 2 is 1.84 bits per heavy atom. The van der Waals surface area contributed by atoms with Crippen molar-refractivity contribution in [3.63, 3.8) is 0 Å². The van der Waals surface area contributed by atoms with Crippen LogP contribution in [0.4, 0.5) is 8.78 Å². The molecule has 1 aromatic carbocycles. The molecule has 0 radical (unpaired) electrons. The molecule has 0 unspecified atom stereocenters. The second-order valence-corrected chi connectivity index (χ2v) is 4.87. The van der Waals surface area contributed by atoms with Gasteiger partial charge in [0.05, 0.1) is 12.6 Å². The van der Waals surface area contributed by atoms with Crippen molar-refractivity contribution in [3.8, 4) is 0 Å². The van der Waals surface area contributed by atoms with Crippen LogP contribution >= 0.6 is 0 Å². The minimum absolute atomic E-state index is 0.0608. The maximum Gasteiger partial charge on any atom is 0.285 e. The van der Waals surface area contributed by atoms with Gasteiger partial charge in [0.25, 0.3) is 5.92 Å². The van der Waals surface area contributed by atoms with Crippen LogP contribution in [0.25, 0.3) is 0 Å². The van der Waals surface area contributed by atoms with Crippen LogP contribution in [0.2, 0.25) is 0 Å². The highest BCUT2D eigenvalue weighted by Crippen LogP contribution is 2.26. The van der Waals surface area contributed by atoms with E-state index in [1.54, 1.807) is 18.2 Å². The van der Waals surface area contributed by atoms with Crippen molar-refractivity contribution in [1.82, 2.24) is 5.32 Å². The molecule has 4 heteroatoms. The van der Waals surface area contributed by atoms with E-state index in [9.17, 15) is 8.78 Å². The van der Waals surface area contributed by atoms with Crippen molar-refractivity contribution in [2.24, 2.45) is 0 Å². The smallest absolute Gasteiger partial charge is 0.285 e. The minimum Gasteiger partial charge on any atom is -0.379 e. The second-order valence-electron chi connectivity index (χ2n) is 4.87. The molecule has 1 rings (SSSR count). The van der Waals surface area contributed by atoms with Gasteiger partial charge in [-0.25, -0.2) is 0 Å². The normalized spacial score (nSPS) is 12.1. The zero-order chi connectivity index (χ0) is 14.1. The Bertz CT molecular complexity index is 341. The van der Waals surface area contributed by atoms with E-state index in [2.05, 4.69) is 5.32 Å². The van der Waals surface area contributed by atoms with Crippen molar-refractivity contribution < 1.29 is 13.5 Å². The van der Waals surface area contributed by atoms with Crippen LogP contribution in [-0.2, 0) is 10.7 Å². The van der Waals surface area contributed by atoms with E-state index in [0.717, 1.165) is 12.8 Å². The quantitative estimate of drug-likeness (QED) is 0.693. The Hall–Kier alpha value is -1.00. The molecule has 1 N–H and O–H groups in total. The summed E-state index contributed by atoms with van der Waals surface area (Å²) >= 11 is 0. The molecule has 19 heavy (non-hydrogen) atoms. The van der Waals surface area contributed by atoms with Gasteiger partial charge < -0.3 is 10.1 Å². The number of halogens is 2. The summed E-state index contributed by atoms with van der Waals surface area (Å²) in [7, 11) is 0. The largest absolute Gasteiger partial charge is 0.379 e. The standard InChI is InChI=1S/C15H23F2NO/c1-13(2)19-11-7-6-10-18-12-15(16,17)14-8-4-3-5-9-14/h3-5,8-9,13,18H,6-7,10-12H2,1-2H3. The van der Waals surface area contributed by atoms with Crippen molar-refractivity contribution in [1.29, 1.82) is 0 Å². The first-order valence-electron chi connectivity index (χ1n) is 6.78. The van der Waals surface area contributed by atoms with Gasteiger partial charge in [0.1, 0.15) is 0 Å². The summed E-state index contributed by atoms with van der Waals surface area (Å²) in [6, 6.07) is 7.91. The van der Waals surface area contributed by atoms with Gasteiger partial charge in [-0.05, 0) is 33.2 Å². The zero-order valence-corrected chi connectivity index (χ0v) is 11.7. The summed E-state index contributed by atoms with van der Waals surface area (Å²) in [4.78, 5) is 0. The molecular formula is C15H23F2NO. The van der Waals surface area contributed by atoms with Gasteiger partial charge in [0, 0.05) is 12.2 Å². The Morgan fingerprint density at radius 3 is 2.47 bits per heavy atom. The average Bonchev–Trinajstić information content (AvgIpc) is 2.38. The van der Waals surface area contributed by atoms with Crippen LogP contribution < -0.4 is 5.32 Å². The fraction of sp³-hybridized carbons (Fsp3) is 0.600. The molecular weight excluding hydrogens is 248 g/mol. The highest BCUT2D eigenvalue weighted by molar-refractivity contribution is 5.20. The summed E-state index contributed by atoms with van der Waals surface area (Å²) in [5.74, 6) is -2.81. The van der Waals surface area contributed by atoms with Crippen molar-refractivity contribution in [3.05, 3.63) is 35.9 Å². The van der Waals surface area contributed by atoms with E-state index < -0.39 is 5.92 Å². The molecule has 0 fully saturated rings. The van der Waals surface area contributed by atoms with Crippen LogP contribution in [0.5, 0.6) is 0 Å². The molecule has 1 aromatic rings. The number of nitrogens with one attached hydrogen (secondary N) is 1. The number of hydrogen-bond donors (Lipinski definition) is 1. The molecule has 0 atom stereocenters. The topological polar surface area (TPSA) is 21.3 Å². The SMILES string of the molecule is CC(C)OCCCCNCC(F)(F)c1ccccc1. The van der Waals surface area contributed by atoms with Crippen LogP contribution in [0.3, 0.4) is 0 Å². The maximum atomic E-state index is 13.8. The molecule has 108 valence electrons. The lowest BCUT2D eigenvalue weighted by molar-refractivity contribution is -0.00318. The van der Waals surface area contributed by atoms with Gasteiger partial charge in [-0.3, -0.25) is 0 Å². The molecule has 2 nitrogen and oxygen atoms in total. The summed E-state index contributed by atoms with van der Waals surface area (Å²) < 4.78 is 32.9. The third kappa shape index (κ3) is 6.64. The number of ether oxygens (including phenoxy) is 1. The highest BCUT2D eigenvalue weighted by atomic mass is 19.3. The van der Waals surface area contributed by atoms with Crippen molar-refractivity contribution in [2.75, 3.05) is 19.7 Å². The minimum atomic E-state index is -2.81. The van der Waals surface area contributed by atoms with E-state index in [4.69, 9.17) is 4.74 Å². The lowest BCUT2D eigenvalue weighted by Gasteiger charge is -2.17. The third-order valence-corrected chi connectivity index (χ3v) is 2.74. The zero-order valence-electron chi connectivity index (χ0n) is 11.7. The molecule has 0 aliphatic rings. The number of unbranched alkanes of at least 4 members (excludes halogenated alkanes) is 1. The molecule has 0 amide bonds. The van der Waals surface area contributed by atoms with Crippen LogP contribution in [0.15, 0.2) is 30.3 Å². The fourth-order valence-corrected chi connectivity index (χ4v) is 1.70. The van der Waals surface area contributed by atoms with Gasteiger partial charge >= 0.3 is 0 Å². The second kappa shape index (κ2) is 8.23. The van der Waals surface area contributed by atoms with Crippen LogP contribution in [0, 0.1) is 0 Å².